The predicted molar refractivity (Wildman–Crippen MR) is 88.7 cm³/mol. The van der Waals surface area contributed by atoms with Gasteiger partial charge in [0.15, 0.2) is 0 Å². The lowest BCUT2D eigenvalue weighted by Gasteiger charge is -2.25. The van der Waals surface area contributed by atoms with E-state index in [1.54, 1.807) is 11.0 Å². The van der Waals surface area contributed by atoms with Gasteiger partial charge in [-0.25, -0.2) is 4.39 Å². The minimum atomic E-state index is -0.976. The van der Waals surface area contributed by atoms with Crippen LogP contribution in [0.2, 0.25) is 5.02 Å². The monoisotopic (exact) mass is 370 g/mol. The molecule has 0 aliphatic carbocycles. The van der Waals surface area contributed by atoms with Gasteiger partial charge in [0.05, 0.1) is 0 Å². The zero-order chi connectivity index (χ0) is 18.2. The van der Waals surface area contributed by atoms with E-state index < -0.39 is 17.2 Å². The van der Waals surface area contributed by atoms with Crippen LogP contribution in [0.1, 0.15) is 5.56 Å². The molecule has 2 aliphatic heterocycles. The summed E-state index contributed by atoms with van der Waals surface area (Å²) in [5, 5.41) is 10.1. The molecule has 25 heavy (non-hydrogen) atoms. The molecule has 0 saturated carbocycles. The van der Waals surface area contributed by atoms with E-state index in [9.17, 15) is 19.1 Å². The van der Waals surface area contributed by atoms with E-state index in [-0.39, 0.29) is 25.0 Å². The summed E-state index contributed by atoms with van der Waals surface area (Å²) in [5.41, 5.74) is -0.216. The first-order chi connectivity index (χ1) is 11.9. The van der Waals surface area contributed by atoms with Gasteiger partial charge >= 0.3 is 5.97 Å². The van der Waals surface area contributed by atoms with Crippen LogP contribution < -0.4 is 0 Å². The quantitative estimate of drug-likeness (QED) is 0.850. The summed E-state index contributed by atoms with van der Waals surface area (Å²) in [6, 6.07) is 4.22. The van der Waals surface area contributed by atoms with Crippen molar-refractivity contribution in [2.75, 3.05) is 39.9 Å². The Hall–Kier alpha value is -1.70. The molecule has 2 atom stereocenters. The summed E-state index contributed by atoms with van der Waals surface area (Å²) in [6.07, 6.45) is 0. The van der Waals surface area contributed by atoms with Crippen molar-refractivity contribution in [2.45, 2.75) is 6.54 Å². The summed E-state index contributed by atoms with van der Waals surface area (Å²) in [7, 11) is 1.44. The molecule has 136 valence electrons. The van der Waals surface area contributed by atoms with Crippen LogP contribution in [0.15, 0.2) is 18.2 Å². The number of hydrogen-bond donors (Lipinski definition) is 1. The highest BCUT2D eigenvalue weighted by Crippen LogP contribution is 2.43. The van der Waals surface area contributed by atoms with E-state index in [1.165, 1.54) is 19.2 Å². The highest BCUT2D eigenvalue weighted by Gasteiger charge is 2.58. The van der Waals surface area contributed by atoms with E-state index in [2.05, 4.69) is 0 Å². The van der Waals surface area contributed by atoms with Crippen LogP contribution in [0.25, 0.3) is 0 Å². The highest BCUT2D eigenvalue weighted by molar-refractivity contribution is 6.31. The first-order valence-corrected chi connectivity index (χ1v) is 8.40. The minimum absolute atomic E-state index is 0.0443. The zero-order valence-corrected chi connectivity index (χ0v) is 14.6. The van der Waals surface area contributed by atoms with Gasteiger partial charge in [0.1, 0.15) is 17.8 Å². The number of methoxy groups -OCH3 is 1. The standard InChI is InChI=1S/C17H20ClFN2O4/c1-25-8-15(22)21-7-12-6-20(9-17(12,10-21)16(23)24)5-11-2-3-13(19)4-14(11)18/h2-4,12H,5-10H2,1H3,(H,23,24)/t12?,17-/m0/s1. The molecule has 2 fully saturated rings. The Labute approximate surface area is 150 Å². The van der Waals surface area contributed by atoms with Gasteiger partial charge in [-0.1, -0.05) is 17.7 Å². The Morgan fingerprint density at radius 1 is 1.40 bits per heavy atom. The first kappa shape index (κ1) is 18.1. The fourth-order valence-electron chi connectivity index (χ4n) is 3.89. The number of nitrogens with zero attached hydrogens (tertiary/aromatic N) is 2. The van der Waals surface area contributed by atoms with Crippen molar-refractivity contribution in [3.63, 3.8) is 0 Å². The summed E-state index contributed by atoms with van der Waals surface area (Å²) >= 11 is 6.08. The van der Waals surface area contributed by atoms with Crippen molar-refractivity contribution >= 4 is 23.5 Å². The molecule has 1 aromatic rings. The molecule has 1 amide bonds. The van der Waals surface area contributed by atoms with Gasteiger partial charge in [0.25, 0.3) is 0 Å². The van der Waals surface area contributed by atoms with E-state index in [0.29, 0.717) is 31.2 Å². The number of fused-ring (bicyclic) bond motifs is 1. The average Bonchev–Trinajstić information content (AvgIpc) is 3.05. The summed E-state index contributed by atoms with van der Waals surface area (Å²) in [4.78, 5) is 27.6. The van der Waals surface area contributed by atoms with Crippen LogP contribution in [0.4, 0.5) is 4.39 Å². The average molecular weight is 371 g/mol. The second-order valence-electron chi connectivity index (χ2n) is 6.77. The molecule has 1 N–H and O–H groups in total. The molecule has 6 nitrogen and oxygen atoms in total. The molecule has 0 spiro atoms. The third-order valence-corrected chi connectivity index (χ3v) is 5.49. The number of aliphatic carboxylic acids is 1. The minimum Gasteiger partial charge on any atom is -0.481 e. The molecule has 0 bridgehead atoms. The molecule has 2 heterocycles. The molecule has 2 aliphatic rings. The molecule has 3 rings (SSSR count). The predicted octanol–water partition coefficient (Wildman–Crippen LogP) is 1.47. The summed E-state index contributed by atoms with van der Waals surface area (Å²) < 4.78 is 18.0. The number of amides is 1. The largest absolute Gasteiger partial charge is 0.481 e. The van der Waals surface area contributed by atoms with Crippen molar-refractivity contribution < 1.29 is 23.8 Å². The molecular weight excluding hydrogens is 351 g/mol. The van der Waals surface area contributed by atoms with Crippen molar-refractivity contribution in [3.8, 4) is 0 Å². The molecule has 1 unspecified atom stereocenters. The Kier molecular flexibility index (Phi) is 4.99. The maximum absolute atomic E-state index is 13.2. The van der Waals surface area contributed by atoms with Crippen molar-refractivity contribution in [1.29, 1.82) is 0 Å². The van der Waals surface area contributed by atoms with Gasteiger partial charge in [-0.15, -0.1) is 0 Å². The zero-order valence-electron chi connectivity index (χ0n) is 13.9. The van der Waals surface area contributed by atoms with Crippen molar-refractivity contribution in [2.24, 2.45) is 11.3 Å². The second-order valence-corrected chi connectivity index (χ2v) is 7.18. The lowest BCUT2D eigenvalue weighted by Crippen LogP contribution is -2.42. The SMILES string of the molecule is COCC(=O)N1CC2CN(Cc3ccc(F)cc3Cl)C[C@]2(C(=O)O)C1. The molecule has 0 aromatic heterocycles. The number of ether oxygens (including phenoxy) is 1. The molecule has 1 aromatic carbocycles. The van der Waals surface area contributed by atoms with Gasteiger partial charge in [-0.05, 0) is 17.7 Å². The summed E-state index contributed by atoms with van der Waals surface area (Å²) in [6.45, 7) is 1.88. The van der Waals surface area contributed by atoms with Crippen LogP contribution in [0.5, 0.6) is 0 Å². The third kappa shape index (κ3) is 3.36. The Balaban J connectivity index is 1.73. The van der Waals surface area contributed by atoms with Gasteiger partial charge in [-0.2, -0.15) is 0 Å². The fraction of sp³-hybridized carbons (Fsp3) is 0.529. The Morgan fingerprint density at radius 2 is 2.16 bits per heavy atom. The molecule has 2 saturated heterocycles. The van der Waals surface area contributed by atoms with Crippen LogP contribution in [-0.4, -0.2) is 66.7 Å². The number of carbonyl (C=O) groups is 2. The van der Waals surface area contributed by atoms with Gasteiger partial charge in [-0.3, -0.25) is 14.5 Å². The van der Waals surface area contributed by atoms with Crippen LogP contribution in [0.3, 0.4) is 0 Å². The lowest BCUT2D eigenvalue weighted by atomic mass is 9.81. The van der Waals surface area contributed by atoms with Crippen LogP contribution >= 0.6 is 11.6 Å². The highest BCUT2D eigenvalue weighted by atomic mass is 35.5. The maximum atomic E-state index is 13.2. The normalized spacial score (nSPS) is 26.0. The number of likely N-dealkylation sites (tertiary alicyclic amines) is 2. The maximum Gasteiger partial charge on any atom is 0.313 e. The third-order valence-electron chi connectivity index (χ3n) is 5.14. The number of halogens is 2. The van der Waals surface area contributed by atoms with Gasteiger partial charge < -0.3 is 14.7 Å². The molecular formula is C17H20ClFN2O4. The fourth-order valence-corrected chi connectivity index (χ4v) is 4.11. The summed E-state index contributed by atoms with van der Waals surface area (Å²) in [5.74, 6) is -1.63. The molecule has 8 heteroatoms. The number of rotatable bonds is 5. The number of carbonyl (C=O) groups excluding carboxylic acids is 1. The number of hydrogen-bond acceptors (Lipinski definition) is 4. The van der Waals surface area contributed by atoms with E-state index in [0.717, 1.165) is 5.56 Å². The van der Waals surface area contributed by atoms with Crippen molar-refractivity contribution in [3.05, 3.63) is 34.6 Å². The topological polar surface area (TPSA) is 70.1 Å². The lowest BCUT2D eigenvalue weighted by molar-refractivity contribution is -0.149. The van der Waals surface area contributed by atoms with Gasteiger partial charge in [0.2, 0.25) is 5.91 Å². The number of carboxylic acids is 1. The van der Waals surface area contributed by atoms with Crippen molar-refractivity contribution in [1.82, 2.24) is 9.80 Å². The van der Waals surface area contributed by atoms with Crippen LogP contribution in [-0.2, 0) is 20.9 Å². The molecule has 0 radical (unpaired) electrons. The first-order valence-electron chi connectivity index (χ1n) is 8.02. The Bertz CT molecular complexity index is 701. The number of carboxylic acid groups (broad SMARTS) is 1. The second kappa shape index (κ2) is 6.90. The van der Waals surface area contributed by atoms with E-state index in [1.807, 2.05) is 4.90 Å². The van der Waals surface area contributed by atoms with E-state index >= 15 is 0 Å². The number of benzene rings is 1. The Morgan fingerprint density at radius 3 is 2.76 bits per heavy atom. The van der Waals surface area contributed by atoms with Crippen LogP contribution in [0, 0.1) is 17.2 Å². The van der Waals surface area contributed by atoms with E-state index in [4.69, 9.17) is 16.3 Å². The smallest absolute Gasteiger partial charge is 0.313 e. The van der Waals surface area contributed by atoms with Gasteiger partial charge in [0, 0.05) is 50.8 Å².